The molecule has 0 spiro atoms. The third-order valence-electron chi connectivity index (χ3n) is 19.8. The molecule has 3 N–H and O–H groups in total. The summed E-state index contributed by atoms with van der Waals surface area (Å²) in [6.45, 7) is 5.01. The number of nitrogens with one attached hydrogen (secondary N) is 1. The fourth-order valence-corrected chi connectivity index (χ4v) is 13.4. The minimum atomic E-state index is -0.664. The normalized spacial score (nSPS) is 12.5. The van der Waals surface area contributed by atoms with Crippen LogP contribution in [-0.4, -0.2) is 47.4 Å². The van der Waals surface area contributed by atoms with Gasteiger partial charge in [0.25, 0.3) is 0 Å². The molecule has 0 aliphatic heterocycles. The first-order chi connectivity index (χ1) is 44.5. The first kappa shape index (κ1) is 88.3. The summed E-state index contributed by atoms with van der Waals surface area (Å²) in [4.78, 5) is 24.7. The molecule has 534 valence electrons. The van der Waals surface area contributed by atoms with Crippen LogP contribution in [0.5, 0.6) is 0 Å². The summed E-state index contributed by atoms with van der Waals surface area (Å²) in [5.74, 6) is -0.00590. The lowest BCUT2D eigenvalue weighted by molar-refractivity contribution is -0.143. The lowest BCUT2D eigenvalue weighted by atomic mass is 10.0. The smallest absolute Gasteiger partial charge is 0.305 e. The van der Waals surface area contributed by atoms with E-state index in [1.165, 1.54) is 398 Å². The van der Waals surface area contributed by atoms with Gasteiger partial charge in [-0.05, 0) is 57.8 Å². The third kappa shape index (κ3) is 75.4. The van der Waals surface area contributed by atoms with Gasteiger partial charge in [-0.3, -0.25) is 9.59 Å². The van der Waals surface area contributed by atoms with E-state index in [4.69, 9.17) is 4.74 Å². The number of aliphatic hydroxyl groups excluding tert-OH is 2. The number of unbranched alkanes of at least 4 members (excludes halogenated alkanes) is 64. The maximum Gasteiger partial charge on any atom is 0.305 e. The highest BCUT2D eigenvalue weighted by Gasteiger charge is 2.20. The van der Waals surface area contributed by atoms with Crippen molar-refractivity contribution in [2.24, 2.45) is 0 Å². The van der Waals surface area contributed by atoms with Crippen molar-refractivity contribution in [2.75, 3.05) is 13.2 Å². The summed E-state index contributed by atoms with van der Waals surface area (Å²) in [5.41, 5.74) is 0. The summed E-state index contributed by atoms with van der Waals surface area (Å²) in [6.07, 6.45) is 103. The first-order valence-corrected chi connectivity index (χ1v) is 41.6. The van der Waals surface area contributed by atoms with Gasteiger partial charge >= 0.3 is 5.97 Å². The molecule has 2 atom stereocenters. The van der Waals surface area contributed by atoms with Crippen molar-refractivity contribution < 1.29 is 24.5 Å². The highest BCUT2D eigenvalue weighted by atomic mass is 16.5. The van der Waals surface area contributed by atoms with Gasteiger partial charge in [-0.2, -0.15) is 0 Å². The molecule has 1 amide bonds. The minimum absolute atomic E-state index is 0.0208. The highest BCUT2D eigenvalue weighted by molar-refractivity contribution is 5.76. The molecule has 0 saturated heterocycles. The van der Waals surface area contributed by atoms with Gasteiger partial charge in [-0.1, -0.05) is 430 Å². The fraction of sp³-hybridized carbons (Fsp3) is 0.929. The van der Waals surface area contributed by atoms with Crippen LogP contribution in [0.2, 0.25) is 0 Å². The van der Waals surface area contributed by atoms with Crippen LogP contribution < -0.4 is 5.32 Å². The second-order valence-electron chi connectivity index (χ2n) is 28.8. The van der Waals surface area contributed by atoms with Gasteiger partial charge in [0.15, 0.2) is 0 Å². The van der Waals surface area contributed by atoms with Crippen LogP contribution in [0.15, 0.2) is 24.3 Å². The lowest BCUT2D eigenvalue weighted by Gasteiger charge is -2.22. The van der Waals surface area contributed by atoms with Gasteiger partial charge in [0.05, 0.1) is 25.4 Å². The summed E-state index contributed by atoms with van der Waals surface area (Å²) in [5, 5.41) is 23.5. The Hall–Kier alpha value is -1.66. The summed E-state index contributed by atoms with van der Waals surface area (Å²) < 4.78 is 5.50. The number of esters is 1. The average molecular weight is 1270 g/mol. The molecular weight excluding hydrogens is 1100 g/mol. The Morgan fingerprint density at radius 2 is 0.556 bits per heavy atom. The zero-order valence-corrected chi connectivity index (χ0v) is 61.4. The Kier molecular flexibility index (Phi) is 78.3. The van der Waals surface area contributed by atoms with Crippen LogP contribution in [-0.2, 0) is 14.3 Å². The fourth-order valence-electron chi connectivity index (χ4n) is 13.4. The number of allylic oxidation sites excluding steroid dienone is 4. The van der Waals surface area contributed by atoms with E-state index in [0.717, 1.165) is 44.9 Å². The molecule has 90 heavy (non-hydrogen) atoms. The Bertz CT molecular complexity index is 1410. The Morgan fingerprint density at radius 3 is 0.844 bits per heavy atom. The second kappa shape index (κ2) is 79.8. The monoisotopic (exact) mass is 1270 g/mol. The van der Waals surface area contributed by atoms with Crippen molar-refractivity contribution in [3.8, 4) is 0 Å². The van der Waals surface area contributed by atoms with Crippen LogP contribution in [0.4, 0.5) is 0 Å². The number of hydrogen-bond acceptors (Lipinski definition) is 5. The molecule has 0 saturated carbocycles. The zero-order chi connectivity index (χ0) is 64.9. The van der Waals surface area contributed by atoms with E-state index in [-0.39, 0.29) is 18.5 Å². The van der Waals surface area contributed by atoms with E-state index >= 15 is 0 Å². The second-order valence-corrected chi connectivity index (χ2v) is 28.8. The van der Waals surface area contributed by atoms with Gasteiger partial charge in [0.1, 0.15) is 0 Å². The van der Waals surface area contributed by atoms with E-state index in [9.17, 15) is 19.8 Å². The molecular formula is C84H163NO5. The van der Waals surface area contributed by atoms with E-state index < -0.39 is 12.1 Å². The van der Waals surface area contributed by atoms with E-state index in [1.54, 1.807) is 0 Å². The van der Waals surface area contributed by atoms with Crippen LogP contribution in [0.1, 0.15) is 476 Å². The molecule has 0 heterocycles. The van der Waals surface area contributed by atoms with Gasteiger partial charge < -0.3 is 20.3 Å². The predicted molar refractivity (Wildman–Crippen MR) is 398 cm³/mol. The lowest BCUT2D eigenvalue weighted by Crippen LogP contribution is -2.45. The zero-order valence-electron chi connectivity index (χ0n) is 61.4. The SMILES string of the molecule is CCCCCCCCCCCCCCCCCCCCCCCCCC(O)C(CO)NC(=O)CCCCCCCCCCCCCCCCCCC/C=C\C/C=C\CCCCCCCCCCCCCOC(=O)CCCCCCCCCCCCCCCCC. The molecule has 6 nitrogen and oxygen atoms in total. The minimum Gasteiger partial charge on any atom is -0.466 e. The molecule has 0 aromatic heterocycles. The summed E-state index contributed by atoms with van der Waals surface area (Å²) in [7, 11) is 0. The number of amides is 1. The first-order valence-electron chi connectivity index (χ1n) is 41.6. The molecule has 0 radical (unpaired) electrons. The van der Waals surface area contributed by atoms with E-state index in [0.29, 0.717) is 25.9 Å². The maximum absolute atomic E-state index is 12.6. The number of carbonyl (C=O) groups excluding carboxylic acids is 2. The van der Waals surface area contributed by atoms with Crippen molar-refractivity contribution in [1.29, 1.82) is 0 Å². The number of carbonyl (C=O) groups is 2. The molecule has 0 aromatic carbocycles. The standard InChI is InChI=1S/C84H163NO5/c1-3-5-7-9-11-13-15-17-19-20-21-22-36-39-42-45-49-52-56-60-64-68-72-76-82(87)81(80-86)85-83(88)77-73-69-65-61-57-53-50-46-43-40-37-34-32-30-28-26-24-23-25-27-29-31-33-35-38-41-44-47-51-55-59-63-67-71-75-79-90-84(89)78-74-70-66-62-58-54-48-18-16-14-12-10-8-6-4-2/h25,27,31,33,81-82,86-87H,3-24,26,28-30,32,34-80H2,1-2H3,(H,85,88)/b27-25-,33-31-. The Morgan fingerprint density at radius 1 is 0.311 bits per heavy atom. The van der Waals surface area contributed by atoms with Gasteiger partial charge in [0, 0.05) is 12.8 Å². The summed E-state index contributed by atoms with van der Waals surface area (Å²) in [6, 6.07) is -0.541. The maximum atomic E-state index is 12.6. The van der Waals surface area contributed by atoms with Crippen molar-refractivity contribution in [2.45, 2.75) is 488 Å². The molecule has 0 aromatic rings. The van der Waals surface area contributed by atoms with Crippen molar-refractivity contribution in [1.82, 2.24) is 5.32 Å². The van der Waals surface area contributed by atoms with Crippen molar-refractivity contribution in [3.05, 3.63) is 24.3 Å². The molecule has 0 aliphatic rings. The van der Waals surface area contributed by atoms with Crippen LogP contribution in [0, 0.1) is 0 Å². The van der Waals surface area contributed by atoms with Gasteiger partial charge in [-0.25, -0.2) is 0 Å². The highest BCUT2D eigenvalue weighted by Crippen LogP contribution is 2.20. The van der Waals surface area contributed by atoms with Crippen LogP contribution in [0.25, 0.3) is 0 Å². The average Bonchev–Trinajstić information content (AvgIpc) is 3.58. The molecule has 0 bridgehead atoms. The van der Waals surface area contributed by atoms with Crippen LogP contribution in [0.3, 0.4) is 0 Å². The topological polar surface area (TPSA) is 95.9 Å². The van der Waals surface area contributed by atoms with Crippen LogP contribution >= 0.6 is 0 Å². The predicted octanol–water partition coefficient (Wildman–Crippen LogP) is 27.6. The largest absolute Gasteiger partial charge is 0.466 e. The Labute approximate surface area is 564 Å². The Balaban J connectivity index is 3.36. The van der Waals surface area contributed by atoms with Gasteiger partial charge in [0.2, 0.25) is 5.91 Å². The number of ether oxygens (including phenoxy) is 1. The third-order valence-corrected chi connectivity index (χ3v) is 19.8. The van der Waals surface area contributed by atoms with Crippen molar-refractivity contribution in [3.63, 3.8) is 0 Å². The number of rotatable bonds is 79. The summed E-state index contributed by atoms with van der Waals surface area (Å²) >= 11 is 0. The molecule has 0 rings (SSSR count). The molecule has 6 heteroatoms. The molecule has 0 fully saturated rings. The molecule has 2 unspecified atom stereocenters. The molecule has 0 aliphatic carbocycles. The quantitative estimate of drug-likeness (QED) is 0.0320. The van der Waals surface area contributed by atoms with E-state index in [2.05, 4.69) is 43.5 Å². The number of hydrogen-bond donors (Lipinski definition) is 3. The van der Waals surface area contributed by atoms with E-state index in [1.807, 2.05) is 0 Å². The van der Waals surface area contributed by atoms with Gasteiger partial charge in [-0.15, -0.1) is 0 Å². The number of aliphatic hydroxyl groups is 2. The van der Waals surface area contributed by atoms with Crippen molar-refractivity contribution >= 4 is 11.9 Å².